The number of aryl methyl sites for hydroxylation is 3. The molecule has 0 atom stereocenters. The Labute approximate surface area is 185 Å². The maximum absolute atomic E-state index is 12.4. The van der Waals surface area contributed by atoms with Crippen LogP contribution in [0.5, 0.6) is 0 Å². The molecule has 2 aromatic heterocycles. The molecule has 2 aromatic carbocycles. The first-order valence-corrected chi connectivity index (χ1v) is 10.7. The molecule has 0 radical (unpaired) electrons. The summed E-state index contributed by atoms with van der Waals surface area (Å²) < 4.78 is 12.6. The molecule has 9 heteroatoms. The zero-order chi connectivity index (χ0) is 22.1. The highest BCUT2D eigenvalue weighted by Crippen LogP contribution is 2.27. The van der Waals surface area contributed by atoms with Gasteiger partial charge in [0.15, 0.2) is 0 Å². The first kappa shape index (κ1) is 20.3. The molecule has 1 aliphatic rings. The standard InChI is InChI=1S/C23H24N6O3/c1-15-3-5-18(16(2)13-15)23-24-22(26-32-23)17-4-6-20-19(14-17)25-27-29(20)8-7-21(30)28-9-11-31-12-10-28/h3-6,13-14H,7-12H2,1-2H3. The molecule has 4 aromatic rings. The second kappa shape index (κ2) is 8.51. The Morgan fingerprint density at radius 1 is 1.09 bits per heavy atom. The molecule has 0 N–H and O–H groups in total. The molecule has 0 saturated carbocycles. The normalized spacial score (nSPS) is 14.2. The van der Waals surface area contributed by atoms with E-state index >= 15 is 0 Å². The van der Waals surface area contributed by atoms with Gasteiger partial charge in [0, 0.05) is 30.6 Å². The zero-order valence-corrected chi connectivity index (χ0v) is 18.1. The highest BCUT2D eigenvalue weighted by atomic mass is 16.5. The number of ether oxygens (including phenoxy) is 1. The van der Waals surface area contributed by atoms with Crippen molar-refractivity contribution in [1.29, 1.82) is 0 Å². The summed E-state index contributed by atoms with van der Waals surface area (Å²) in [7, 11) is 0. The molecule has 0 bridgehead atoms. The van der Waals surface area contributed by atoms with E-state index in [1.54, 1.807) is 4.68 Å². The number of amides is 1. The molecule has 3 heterocycles. The SMILES string of the molecule is Cc1ccc(-c2nc(-c3ccc4c(c3)nnn4CCC(=O)N3CCOCC3)no2)c(C)c1. The van der Waals surface area contributed by atoms with Crippen molar-refractivity contribution < 1.29 is 14.1 Å². The van der Waals surface area contributed by atoms with Crippen LogP contribution in [0.4, 0.5) is 0 Å². The van der Waals surface area contributed by atoms with Gasteiger partial charge in [0.25, 0.3) is 5.89 Å². The average Bonchev–Trinajstić information content (AvgIpc) is 3.45. The van der Waals surface area contributed by atoms with E-state index in [0.29, 0.717) is 51.0 Å². The summed E-state index contributed by atoms with van der Waals surface area (Å²) in [5.74, 6) is 1.10. The Morgan fingerprint density at radius 2 is 1.94 bits per heavy atom. The third kappa shape index (κ3) is 3.99. The molecule has 1 fully saturated rings. The van der Waals surface area contributed by atoms with Crippen LogP contribution in [0.2, 0.25) is 0 Å². The minimum absolute atomic E-state index is 0.110. The van der Waals surface area contributed by atoms with Crippen LogP contribution in [-0.4, -0.2) is 62.2 Å². The molecule has 9 nitrogen and oxygen atoms in total. The summed E-state index contributed by atoms with van der Waals surface area (Å²) in [6.45, 7) is 7.05. The third-order valence-electron chi connectivity index (χ3n) is 5.71. The molecule has 32 heavy (non-hydrogen) atoms. The molecular weight excluding hydrogens is 408 g/mol. The van der Waals surface area contributed by atoms with E-state index < -0.39 is 0 Å². The number of morpholine rings is 1. The lowest BCUT2D eigenvalue weighted by Crippen LogP contribution is -2.41. The van der Waals surface area contributed by atoms with Gasteiger partial charge in [-0.05, 0) is 43.7 Å². The number of nitrogens with zero attached hydrogens (tertiary/aromatic N) is 6. The fourth-order valence-corrected chi connectivity index (χ4v) is 3.95. The Morgan fingerprint density at radius 3 is 2.75 bits per heavy atom. The summed E-state index contributed by atoms with van der Waals surface area (Å²) in [5, 5.41) is 12.6. The molecular formula is C23H24N6O3. The van der Waals surface area contributed by atoms with Crippen LogP contribution in [0.1, 0.15) is 17.5 Å². The smallest absolute Gasteiger partial charge is 0.258 e. The number of aromatic nitrogens is 5. The third-order valence-corrected chi connectivity index (χ3v) is 5.71. The second-order valence-corrected chi connectivity index (χ2v) is 8.00. The molecule has 0 unspecified atom stereocenters. The van der Waals surface area contributed by atoms with Crippen molar-refractivity contribution in [3.8, 4) is 22.8 Å². The predicted octanol–water partition coefficient (Wildman–Crippen LogP) is 3.01. The second-order valence-electron chi connectivity index (χ2n) is 8.00. The van der Waals surface area contributed by atoms with Crippen LogP contribution in [0.25, 0.3) is 33.9 Å². The highest BCUT2D eigenvalue weighted by Gasteiger charge is 2.18. The molecule has 0 spiro atoms. The van der Waals surface area contributed by atoms with Gasteiger partial charge in [0.2, 0.25) is 11.7 Å². The minimum Gasteiger partial charge on any atom is -0.378 e. The number of hydrogen-bond donors (Lipinski definition) is 0. The summed E-state index contributed by atoms with van der Waals surface area (Å²) in [6.07, 6.45) is 0.379. The Hall–Kier alpha value is -3.59. The Bertz CT molecular complexity index is 1270. The molecule has 0 aliphatic carbocycles. The number of benzene rings is 2. The van der Waals surface area contributed by atoms with Crippen molar-refractivity contribution in [3.63, 3.8) is 0 Å². The molecule has 1 saturated heterocycles. The monoisotopic (exact) mass is 432 g/mol. The molecule has 164 valence electrons. The Kier molecular flexibility index (Phi) is 5.40. The van der Waals surface area contributed by atoms with Crippen LogP contribution < -0.4 is 0 Å². The number of carbonyl (C=O) groups is 1. The van der Waals surface area contributed by atoms with Crippen molar-refractivity contribution in [2.75, 3.05) is 26.3 Å². The van der Waals surface area contributed by atoms with E-state index in [2.05, 4.69) is 33.4 Å². The van der Waals surface area contributed by atoms with Gasteiger partial charge in [-0.1, -0.05) is 28.1 Å². The summed E-state index contributed by atoms with van der Waals surface area (Å²) in [4.78, 5) is 18.8. The van der Waals surface area contributed by atoms with E-state index in [4.69, 9.17) is 9.26 Å². The fourth-order valence-electron chi connectivity index (χ4n) is 3.95. The lowest BCUT2D eigenvalue weighted by atomic mass is 10.1. The van der Waals surface area contributed by atoms with Crippen LogP contribution in [0.3, 0.4) is 0 Å². The van der Waals surface area contributed by atoms with Gasteiger partial charge in [-0.25, -0.2) is 4.68 Å². The van der Waals surface area contributed by atoms with Gasteiger partial charge in [-0.2, -0.15) is 4.98 Å². The number of carbonyl (C=O) groups excluding carboxylic acids is 1. The maximum atomic E-state index is 12.4. The number of hydrogen-bond acceptors (Lipinski definition) is 7. The molecule has 5 rings (SSSR count). The van der Waals surface area contributed by atoms with Crippen LogP contribution in [0, 0.1) is 13.8 Å². The van der Waals surface area contributed by atoms with Crippen molar-refractivity contribution in [2.45, 2.75) is 26.8 Å². The number of rotatable bonds is 5. The largest absolute Gasteiger partial charge is 0.378 e. The van der Waals surface area contributed by atoms with E-state index in [1.165, 1.54) is 5.56 Å². The van der Waals surface area contributed by atoms with Gasteiger partial charge in [0.05, 0.1) is 25.3 Å². The molecule has 1 amide bonds. The van der Waals surface area contributed by atoms with Crippen molar-refractivity contribution in [1.82, 2.24) is 30.0 Å². The lowest BCUT2D eigenvalue weighted by Gasteiger charge is -2.26. The Balaban J connectivity index is 1.33. The van der Waals surface area contributed by atoms with Crippen LogP contribution >= 0.6 is 0 Å². The number of fused-ring (bicyclic) bond motifs is 1. The minimum atomic E-state index is 0.110. The van der Waals surface area contributed by atoms with Gasteiger partial charge in [0.1, 0.15) is 5.52 Å². The zero-order valence-electron chi connectivity index (χ0n) is 18.1. The van der Waals surface area contributed by atoms with E-state index in [-0.39, 0.29) is 5.91 Å². The van der Waals surface area contributed by atoms with Crippen molar-refractivity contribution >= 4 is 16.9 Å². The van der Waals surface area contributed by atoms with Gasteiger partial charge in [-0.15, -0.1) is 5.10 Å². The summed E-state index contributed by atoms with van der Waals surface area (Å²) in [5.41, 5.74) is 5.58. The maximum Gasteiger partial charge on any atom is 0.258 e. The van der Waals surface area contributed by atoms with E-state index in [9.17, 15) is 4.79 Å². The van der Waals surface area contributed by atoms with E-state index in [1.807, 2.05) is 42.2 Å². The van der Waals surface area contributed by atoms with Crippen molar-refractivity contribution in [2.24, 2.45) is 0 Å². The average molecular weight is 432 g/mol. The highest BCUT2D eigenvalue weighted by molar-refractivity contribution is 5.80. The first-order chi connectivity index (χ1) is 15.6. The quantitative estimate of drug-likeness (QED) is 0.478. The van der Waals surface area contributed by atoms with Gasteiger partial charge < -0.3 is 14.2 Å². The van der Waals surface area contributed by atoms with Crippen LogP contribution in [-0.2, 0) is 16.1 Å². The summed E-state index contributed by atoms with van der Waals surface area (Å²) >= 11 is 0. The van der Waals surface area contributed by atoms with E-state index in [0.717, 1.165) is 27.7 Å². The lowest BCUT2D eigenvalue weighted by molar-refractivity contribution is -0.135. The molecule has 1 aliphatic heterocycles. The van der Waals surface area contributed by atoms with Gasteiger partial charge in [-0.3, -0.25) is 4.79 Å². The first-order valence-electron chi connectivity index (χ1n) is 10.7. The topological polar surface area (TPSA) is 99.2 Å². The van der Waals surface area contributed by atoms with Crippen LogP contribution in [0.15, 0.2) is 40.9 Å². The fraction of sp³-hybridized carbons (Fsp3) is 0.348. The van der Waals surface area contributed by atoms with Gasteiger partial charge >= 0.3 is 0 Å². The summed E-state index contributed by atoms with van der Waals surface area (Å²) in [6, 6.07) is 11.8. The van der Waals surface area contributed by atoms with Crippen molar-refractivity contribution in [3.05, 3.63) is 47.5 Å². The predicted molar refractivity (Wildman–Crippen MR) is 118 cm³/mol.